The highest BCUT2D eigenvalue weighted by Crippen LogP contribution is 2.20. The number of hydrogen-bond donors (Lipinski definition) is 1. The molecule has 3 heteroatoms. The van der Waals surface area contributed by atoms with Crippen LogP contribution in [0.15, 0.2) is 12.4 Å². The van der Waals surface area contributed by atoms with Gasteiger partial charge in [0.25, 0.3) is 0 Å². The van der Waals surface area contributed by atoms with Crippen LogP contribution < -0.4 is 5.32 Å². The molecule has 0 spiro atoms. The molecule has 1 aliphatic carbocycles. The number of nitrogens with zero attached hydrogens (tertiary/aromatic N) is 2. The number of rotatable bonds is 4. The van der Waals surface area contributed by atoms with E-state index in [9.17, 15) is 0 Å². The summed E-state index contributed by atoms with van der Waals surface area (Å²) in [7, 11) is 0. The molecular weight excluding hydrogens is 198 g/mol. The van der Waals surface area contributed by atoms with Gasteiger partial charge in [-0.05, 0) is 39.2 Å². The first-order valence-corrected chi connectivity index (χ1v) is 6.43. The Balaban J connectivity index is 1.90. The van der Waals surface area contributed by atoms with E-state index in [0.29, 0.717) is 12.1 Å². The molecule has 0 radical (unpaired) electrons. The van der Waals surface area contributed by atoms with Crippen LogP contribution in [-0.2, 0) is 0 Å². The largest absolute Gasteiger partial charge is 0.309 e. The fourth-order valence-corrected chi connectivity index (χ4v) is 2.49. The van der Waals surface area contributed by atoms with Crippen molar-refractivity contribution in [2.75, 3.05) is 0 Å². The zero-order valence-corrected chi connectivity index (χ0v) is 10.6. The van der Waals surface area contributed by atoms with Crippen molar-refractivity contribution in [1.82, 2.24) is 15.1 Å². The molecule has 2 atom stereocenters. The van der Waals surface area contributed by atoms with Gasteiger partial charge in [0.2, 0.25) is 0 Å². The maximum Gasteiger partial charge on any atom is 0.0641 e. The molecule has 2 rings (SSSR count). The van der Waals surface area contributed by atoms with Crippen molar-refractivity contribution in [2.45, 2.75) is 64.6 Å². The number of aromatic nitrogens is 2. The SMILES string of the molecule is Cc1cnn([C@@H](C)[C@H](C)NC2CCCC2)c1. The summed E-state index contributed by atoms with van der Waals surface area (Å²) in [5, 5.41) is 8.11. The smallest absolute Gasteiger partial charge is 0.0641 e. The summed E-state index contributed by atoms with van der Waals surface area (Å²) in [6.07, 6.45) is 9.51. The Kier molecular flexibility index (Phi) is 3.64. The third kappa shape index (κ3) is 2.64. The van der Waals surface area contributed by atoms with Crippen molar-refractivity contribution in [3.63, 3.8) is 0 Å². The molecule has 0 bridgehead atoms. The van der Waals surface area contributed by atoms with Crippen molar-refractivity contribution in [2.24, 2.45) is 0 Å². The molecule has 1 heterocycles. The summed E-state index contributed by atoms with van der Waals surface area (Å²) >= 11 is 0. The predicted molar refractivity (Wildman–Crippen MR) is 66.5 cm³/mol. The summed E-state index contributed by atoms with van der Waals surface area (Å²) in [5.41, 5.74) is 1.24. The Labute approximate surface area is 98.2 Å². The molecule has 1 aliphatic rings. The summed E-state index contributed by atoms with van der Waals surface area (Å²) in [5.74, 6) is 0. The van der Waals surface area contributed by atoms with Crippen LogP contribution in [0.2, 0.25) is 0 Å². The van der Waals surface area contributed by atoms with Crippen LogP contribution in [0.4, 0.5) is 0 Å². The van der Waals surface area contributed by atoms with Gasteiger partial charge >= 0.3 is 0 Å². The van der Waals surface area contributed by atoms with Crippen molar-refractivity contribution >= 4 is 0 Å². The zero-order chi connectivity index (χ0) is 11.5. The molecule has 16 heavy (non-hydrogen) atoms. The number of hydrogen-bond acceptors (Lipinski definition) is 2. The van der Waals surface area contributed by atoms with Crippen LogP contribution in [0.5, 0.6) is 0 Å². The fraction of sp³-hybridized carbons (Fsp3) is 0.769. The molecule has 0 unspecified atom stereocenters. The van der Waals surface area contributed by atoms with Crippen LogP contribution >= 0.6 is 0 Å². The molecule has 3 nitrogen and oxygen atoms in total. The highest BCUT2D eigenvalue weighted by atomic mass is 15.3. The van der Waals surface area contributed by atoms with Crippen molar-refractivity contribution in [1.29, 1.82) is 0 Å². The fourth-order valence-electron chi connectivity index (χ4n) is 2.49. The van der Waals surface area contributed by atoms with Crippen LogP contribution in [0.1, 0.15) is 51.1 Å². The Hall–Kier alpha value is -0.830. The average molecular weight is 221 g/mol. The second-order valence-corrected chi connectivity index (χ2v) is 5.18. The van der Waals surface area contributed by atoms with Gasteiger partial charge in [-0.15, -0.1) is 0 Å². The minimum Gasteiger partial charge on any atom is -0.309 e. The molecule has 1 N–H and O–H groups in total. The molecule has 0 amide bonds. The molecule has 90 valence electrons. The Morgan fingerprint density at radius 1 is 1.38 bits per heavy atom. The minimum absolute atomic E-state index is 0.425. The van der Waals surface area contributed by atoms with Crippen molar-refractivity contribution < 1.29 is 0 Å². The Bertz CT molecular complexity index is 326. The van der Waals surface area contributed by atoms with Gasteiger partial charge in [0.15, 0.2) is 0 Å². The van der Waals surface area contributed by atoms with E-state index < -0.39 is 0 Å². The monoisotopic (exact) mass is 221 g/mol. The van der Waals surface area contributed by atoms with Gasteiger partial charge in [0.05, 0.1) is 12.2 Å². The average Bonchev–Trinajstić information content (AvgIpc) is 2.88. The van der Waals surface area contributed by atoms with E-state index in [-0.39, 0.29) is 0 Å². The normalized spacial score (nSPS) is 21.2. The maximum absolute atomic E-state index is 4.39. The van der Waals surface area contributed by atoms with Gasteiger partial charge in [-0.3, -0.25) is 4.68 Å². The second kappa shape index (κ2) is 5.00. The molecule has 1 aromatic rings. The molecule has 0 aliphatic heterocycles. The van der Waals surface area contributed by atoms with Gasteiger partial charge in [-0.1, -0.05) is 12.8 Å². The second-order valence-electron chi connectivity index (χ2n) is 5.18. The minimum atomic E-state index is 0.425. The zero-order valence-electron chi connectivity index (χ0n) is 10.6. The molecule has 1 saturated carbocycles. The molecule has 0 saturated heterocycles. The Morgan fingerprint density at radius 3 is 2.62 bits per heavy atom. The lowest BCUT2D eigenvalue weighted by molar-refractivity contribution is 0.333. The number of aryl methyl sites for hydroxylation is 1. The van der Waals surface area contributed by atoms with E-state index >= 15 is 0 Å². The van der Waals surface area contributed by atoms with Gasteiger partial charge in [0, 0.05) is 18.3 Å². The summed E-state index contributed by atoms with van der Waals surface area (Å²) < 4.78 is 2.07. The highest BCUT2D eigenvalue weighted by Gasteiger charge is 2.21. The predicted octanol–water partition coefficient (Wildman–Crippen LogP) is 2.67. The molecule has 1 fully saturated rings. The van der Waals surface area contributed by atoms with Crippen molar-refractivity contribution in [3.05, 3.63) is 18.0 Å². The van der Waals surface area contributed by atoms with Gasteiger partial charge in [-0.2, -0.15) is 5.10 Å². The van der Waals surface area contributed by atoms with E-state index in [0.717, 1.165) is 6.04 Å². The molecule has 1 aromatic heterocycles. The van der Waals surface area contributed by atoms with E-state index in [1.165, 1.54) is 31.2 Å². The lowest BCUT2D eigenvalue weighted by Crippen LogP contribution is -2.39. The van der Waals surface area contributed by atoms with Crippen LogP contribution in [0.3, 0.4) is 0 Å². The van der Waals surface area contributed by atoms with Gasteiger partial charge < -0.3 is 5.32 Å². The molecular formula is C13H23N3. The van der Waals surface area contributed by atoms with Gasteiger partial charge in [-0.25, -0.2) is 0 Å². The first-order valence-electron chi connectivity index (χ1n) is 6.43. The summed E-state index contributed by atoms with van der Waals surface area (Å²) in [6.45, 7) is 6.59. The topological polar surface area (TPSA) is 29.9 Å². The molecule has 0 aromatic carbocycles. The number of nitrogens with one attached hydrogen (secondary N) is 1. The third-order valence-electron chi connectivity index (χ3n) is 3.73. The maximum atomic E-state index is 4.39. The van der Waals surface area contributed by atoms with E-state index in [1.54, 1.807) is 0 Å². The summed E-state index contributed by atoms with van der Waals surface area (Å²) in [6, 6.07) is 1.64. The van der Waals surface area contributed by atoms with Crippen LogP contribution in [0.25, 0.3) is 0 Å². The summed E-state index contributed by atoms with van der Waals surface area (Å²) in [4.78, 5) is 0. The quantitative estimate of drug-likeness (QED) is 0.847. The van der Waals surface area contributed by atoms with E-state index in [4.69, 9.17) is 0 Å². The van der Waals surface area contributed by atoms with Crippen molar-refractivity contribution in [3.8, 4) is 0 Å². The van der Waals surface area contributed by atoms with Crippen LogP contribution in [0, 0.1) is 6.92 Å². The highest BCUT2D eigenvalue weighted by molar-refractivity contribution is 5.01. The van der Waals surface area contributed by atoms with E-state index in [2.05, 4.69) is 42.1 Å². The standard InChI is InChI=1S/C13H23N3/c1-10-8-14-16(9-10)12(3)11(2)15-13-6-4-5-7-13/h8-9,11-13,15H,4-7H2,1-3H3/t11-,12-/m0/s1. The lowest BCUT2D eigenvalue weighted by atomic mass is 10.1. The first kappa shape index (κ1) is 11.6. The first-order chi connectivity index (χ1) is 7.66. The van der Waals surface area contributed by atoms with Gasteiger partial charge in [0.1, 0.15) is 0 Å². The Morgan fingerprint density at radius 2 is 2.06 bits per heavy atom. The van der Waals surface area contributed by atoms with E-state index in [1.807, 2.05) is 6.20 Å². The lowest BCUT2D eigenvalue weighted by Gasteiger charge is -2.25. The third-order valence-corrected chi connectivity index (χ3v) is 3.73. The van der Waals surface area contributed by atoms with Crippen LogP contribution in [-0.4, -0.2) is 21.9 Å².